The molecule has 7 nitrogen and oxygen atoms in total. The predicted molar refractivity (Wildman–Crippen MR) is 137 cm³/mol. The van der Waals surface area contributed by atoms with Gasteiger partial charge in [0.2, 0.25) is 21.8 Å². The molecule has 2 amide bonds. The number of amides is 2. The summed E-state index contributed by atoms with van der Waals surface area (Å²) in [6.07, 6.45) is 0.984. The Morgan fingerprint density at radius 2 is 1.67 bits per heavy atom. The molecular weight excluding hydrogens is 512 g/mol. The molecule has 198 valence electrons. The highest BCUT2D eigenvalue weighted by Gasteiger charge is 2.27. The Balaban J connectivity index is 2.17. The third kappa shape index (κ3) is 8.74. The van der Waals surface area contributed by atoms with Gasteiger partial charge in [-0.2, -0.15) is 0 Å². The summed E-state index contributed by atoms with van der Waals surface area (Å²) in [7, 11) is -3.82. The maximum absolute atomic E-state index is 13.7. The lowest BCUT2D eigenvalue weighted by atomic mass is 10.1. The van der Waals surface area contributed by atoms with E-state index in [0.717, 1.165) is 34.3 Å². The number of benzene rings is 2. The zero-order valence-electron chi connectivity index (χ0n) is 20.8. The number of carbonyl (C=O) groups excluding carboxylic acids is 2. The molecule has 2 rings (SSSR count). The molecule has 2 aromatic carbocycles. The van der Waals surface area contributed by atoms with Gasteiger partial charge in [0.05, 0.1) is 11.9 Å². The highest BCUT2D eigenvalue weighted by Crippen LogP contribution is 2.22. The van der Waals surface area contributed by atoms with Gasteiger partial charge >= 0.3 is 0 Å². The van der Waals surface area contributed by atoms with Crippen LogP contribution in [0.25, 0.3) is 0 Å². The second-order valence-electron chi connectivity index (χ2n) is 9.00. The van der Waals surface area contributed by atoms with Crippen LogP contribution in [0.2, 0.25) is 5.02 Å². The molecule has 0 aromatic heterocycles. The molecule has 0 heterocycles. The summed E-state index contributed by atoms with van der Waals surface area (Å²) in [4.78, 5) is 27.4. The van der Waals surface area contributed by atoms with Crippen molar-refractivity contribution in [1.82, 2.24) is 10.2 Å². The van der Waals surface area contributed by atoms with E-state index in [1.165, 1.54) is 4.90 Å². The highest BCUT2D eigenvalue weighted by atomic mass is 35.5. The summed E-state index contributed by atoms with van der Waals surface area (Å²) in [5, 5.41) is 3.37. The largest absolute Gasteiger partial charge is 0.354 e. The summed E-state index contributed by atoms with van der Waals surface area (Å²) >= 11 is 5.96. The molecular formula is C25H32ClF2N3O4S. The van der Waals surface area contributed by atoms with E-state index >= 15 is 0 Å². The highest BCUT2D eigenvalue weighted by molar-refractivity contribution is 7.92. The number of hydrogen-bond donors (Lipinski definition) is 1. The van der Waals surface area contributed by atoms with E-state index in [0.29, 0.717) is 11.6 Å². The number of anilines is 1. The lowest BCUT2D eigenvalue weighted by Crippen LogP contribution is -2.48. The minimum Gasteiger partial charge on any atom is -0.354 e. The first-order chi connectivity index (χ1) is 16.8. The number of nitrogens with one attached hydrogen (secondary N) is 1. The van der Waals surface area contributed by atoms with Crippen molar-refractivity contribution in [2.24, 2.45) is 5.92 Å². The van der Waals surface area contributed by atoms with E-state index in [-0.39, 0.29) is 49.4 Å². The first kappa shape index (κ1) is 29.5. The predicted octanol–water partition coefficient (Wildman–Crippen LogP) is 4.35. The second kappa shape index (κ2) is 13.0. The van der Waals surface area contributed by atoms with Gasteiger partial charge in [0.25, 0.3) is 0 Å². The van der Waals surface area contributed by atoms with Crippen molar-refractivity contribution in [1.29, 1.82) is 0 Å². The van der Waals surface area contributed by atoms with Crippen LogP contribution in [0.1, 0.15) is 39.2 Å². The van der Waals surface area contributed by atoms with Crippen molar-refractivity contribution in [2.45, 2.75) is 46.2 Å². The zero-order valence-corrected chi connectivity index (χ0v) is 22.4. The topological polar surface area (TPSA) is 86.8 Å². The third-order valence-corrected chi connectivity index (χ3v) is 6.91. The maximum Gasteiger partial charge on any atom is 0.242 e. The van der Waals surface area contributed by atoms with Crippen LogP contribution < -0.4 is 9.62 Å². The smallest absolute Gasteiger partial charge is 0.242 e. The first-order valence-corrected chi connectivity index (χ1v) is 13.8. The normalized spacial score (nSPS) is 12.3. The number of rotatable bonds is 12. The molecule has 36 heavy (non-hydrogen) atoms. The van der Waals surface area contributed by atoms with Crippen LogP contribution in [0.5, 0.6) is 0 Å². The van der Waals surface area contributed by atoms with Crippen LogP contribution in [0, 0.1) is 17.6 Å². The van der Waals surface area contributed by atoms with Crippen LogP contribution >= 0.6 is 11.6 Å². The van der Waals surface area contributed by atoms with Gasteiger partial charge in [-0.25, -0.2) is 17.2 Å². The zero-order chi connectivity index (χ0) is 27.0. The summed E-state index contributed by atoms with van der Waals surface area (Å²) < 4.78 is 52.5. The summed E-state index contributed by atoms with van der Waals surface area (Å²) in [5.74, 6) is -2.68. The Hall–Kier alpha value is -2.72. The number of hydrogen-bond acceptors (Lipinski definition) is 4. The fourth-order valence-electron chi connectivity index (χ4n) is 3.47. The van der Waals surface area contributed by atoms with Crippen molar-refractivity contribution in [3.05, 3.63) is 64.7 Å². The van der Waals surface area contributed by atoms with E-state index in [1.54, 1.807) is 31.2 Å². The van der Waals surface area contributed by atoms with Gasteiger partial charge in [0, 0.05) is 37.1 Å². The average Bonchev–Trinajstić information content (AvgIpc) is 2.80. The van der Waals surface area contributed by atoms with Crippen molar-refractivity contribution < 1.29 is 26.8 Å². The van der Waals surface area contributed by atoms with Crippen molar-refractivity contribution >= 4 is 39.1 Å². The lowest BCUT2D eigenvalue weighted by Gasteiger charge is -2.29. The van der Waals surface area contributed by atoms with E-state index in [9.17, 15) is 26.8 Å². The fraction of sp³-hybridized carbons (Fsp3) is 0.440. The van der Waals surface area contributed by atoms with Gasteiger partial charge in [-0.15, -0.1) is 0 Å². The van der Waals surface area contributed by atoms with Gasteiger partial charge in [-0.3, -0.25) is 13.9 Å². The molecule has 0 aliphatic carbocycles. The Morgan fingerprint density at radius 1 is 1.03 bits per heavy atom. The summed E-state index contributed by atoms with van der Waals surface area (Å²) in [6.45, 7) is 6.05. The molecule has 0 radical (unpaired) electrons. The van der Waals surface area contributed by atoms with Crippen LogP contribution in [0.15, 0.2) is 42.5 Å². The second-order valence-corrected chi connectivity index (χ2v) is 11.3. The molecule has 0 aliphatic heterocycles. The quantitative estimate of drug-likeness (QED) is 0.431. The molecule has 11 heteroatoms. The van der Waals surface area contributed by atoms with Crippen molar-refractivity contribution in [2.75, 3.05) is 23.7 Å². The number of nitrogens with zero attached hydrogens (tertiary/aromatic N) is 2. The lowest BCUT2D eigenvalue weighted by molar-refractivity contribution is -0.140. The molecule has 2 aromatic rings. The molecule has 1 atom stereocenters. The van der Waals surface area contributed by atoms with E-state index < -0.39 is 27.7 Å². The van der Waals surface area contributed by atoms with Gasteiger partial charge in [0.1, 0.15) is 6.04 Å². The Kier molecular flexibility index (Phi) is 10.7. The van der Waals surface area contributed by atoms with Crippen LogP contribution in [-0.2, 0) is 26.2 Å². The van der Waals surface area contributed by atoms with Gasteiger partial charge < -0.3 is 10.2 Å². The van der Waals surface area contributed by atoms with Crippen LogP contribution in [0.3, 0.4) is 0 Å². The average molecular weight is 544 g/mol. The van der Waals surface area contributed by atoms with E-state index in [1.807, 2.05) is 13.8 Å². The molecule has 0 saturated carbocycles. The SMILES string of the molecule is CC(C)CNC(=O)C(C)N(Cc1ccc(Cl)cc1)C(=O)CCCN(c1ccc(F)c(F)c1)S(C)(=O)=O. The molecule has 0 saturated heterocycles. The monoisotopic (exact) mass is 543 g/mol. The number of halogens is 3. The minimum atomic E-state index is -3.82. The summed E-state index contributed by atoms with van der Waals surface area (Å²) in [6, 6.07) is 8.93. The standard InChI is InChI=1S/C25H32ClF2N3O4S/c1-17(2)15-29-25(33)18(3)30(16-19-7-9-20(26)10-8-19)24(32)6-5-13-31(36(4,34)35)21-11-12-22(27)23(28)14-21/h7-12,14,17-18H,5-6,13,15-16H2,1-4H3,(H,29,33). The van der Waals surface area contributed by atoms with Crippen LogP contribution in [-0.4, -0.2) is 50.5 Å². The molecule has 1 unspecified atom stereocenters. The molecule has 0 bridgehead atoms. The van der Waals surface area contributed by atoms with Crippen LogP contribution in [0.4, 0.5) is 14.5 Å². The Morgan fingerprint density at radius 3 is 2.22 bits per heavy atom. The first-order valence-electron chi connectivity index (χ1n) is 11.5. The van der Waals surface area contributed by atoms with E-state index in [2.05, 4.69) is 5.32 Å². The molecule has 1 N–H and O–H groups in total. The van der Waals surface area contributed by atoms with Gasteiger partial charge in [0.15, 0.2) is 11.6 Å². The Labute approximate surface area is 216 Å². The van der Waals surface area contributed by atoms with E-state index in [4.69, 9.17) is 11.6 Å². The minimum absolute atomic E-state index is 0.0386. The Bertz CT molecular complexity index is 1160. The fourth-order valence-corrected chi connectivity index (χ4v) is 4.55. The maximum atomic E-state index is 13.7. The number of sulfonamides is 1. The third-order valence-electron chi connectivity index (χ3n) is 5.46. The van der Waals surface area contributed by atoms with Gasteiger partial charge in [-0.05, 0) is 49.1 Å². The molecule has 0 aliphatic rings. The van der Waals surface area contributed by atoms with Gasteiger partial charge in [-0.1, -0.05) is 37.6 Å². The van der Waals surface area contributed by atoms with Crippen molar-refractivity contribution in [3.63, 3.8) is 0 Å². The van der Waals surface area contributed by atoms with Crippen molar-refractivity contribution in [3.8, 4) is 0 Å². The molecule has 0 spiro atoms. The molecule has 0 fully saturated rings. The summed E-state index contributed by atoms with van der Waals surface area (Å²) in [5.41, 5.74) is 0.735. The number of carbonyl (C=O) groups is 2.